The highest BCUT2D eigenvalue weighted by atomic mass is 19.1. The lowest BCUT2D eigenvalue weighted by molar-refractivity contribution is -0.140. The number of carbonyl (C=O) groups excluding carboxylic acids is 2. The zero-order valence-electron chi connectivity index (χ0n) is 15.1. The average molecular weight is 382 g/mol. The van der Waals surface area contributed by atoms with Crippen LogP contribution >= 0.6 is 0 Å². The van der Waals surface area contributed by atoms with Crippen molar-refractivity contribution >= 4 is 23.5 Å². The predicted molar refractivity (Wildman–Crippen MR) is 99.4 cm³/mol. The first-order valence-corrected chi connectivity index (χ1v) is 9.15. The van der Waals surface area contributed by atoms with Crippen LogP contribution in [0.15, 0.2) is 42.5 Å². The molecule has 0 aromatic heterocycles. The zero-order valence-corrected chi connectivity index (χ0v) is 15.1. The number of hydrogen-bond donors (Lipinski definition) is 1. The SMILES string of the molecule is O=C(O)c1ccc2c(c1)CN(C(=O)C1CCN(c3ccc(F)cc3)C1=O)CC2. The fourth-order valence-electron chi connectivity index (χ4n) is 3.89. The van der Waals surface area contributed by atoms with Gasteiger partial charge in [-0.2, -0.15) is 0 Å². The fourth-order valence-corrected chi connectivity index (χ4v) is 3.89. The number of hydrogen-bond acceptors (Lipinski definition) is 3. The Morgan fingerprint density at radius 2 is 1.79 bits per heavy atom. The Bertz CT molecular complexity index is 957. The van der Waals surface area contributed by atoms with Gasteiger partial charge >= 0.3 is 5.97 Å². The second kappa shape index (κ2) is 7.07. The molecule has 7 heteroatoms. The minimum atomic E-state index is -1.01. The van der Waals surface area contributed by atoms with Crippen molar-refractivity contribution in [2.24, 2.45) is 5.92 Å². The van der Waals surface area contributed by atoms with Gasteiger partial charge in [0.25, 0.3) is 0 Å². The maximum Gasteiger partial charge on any atom is 0.335 e. The van der Waals surface area contributed by atoms with Crippen LogP contribution < -0.4 is 4.90 Å². The van der Waals surface area contributed by atoms with Gasteiger partial charge in [-0.25, -0.2) is 9.18 Å². The molecule has 1 N–H and O–H groups in total. The number of rotatable bonds is 3. The molecule has 2 aliphatic rings. The zero-order chi connectivity index (χ0) is 19.8. The lowest BCUT2D eigenvalue weighted by Gasteiger charge is -2.30. The van der Waals surface area contributed by atoms with Gasteiger partial charge in [0.1, 0.15) is 11.7 Å². The molecule has 0 spiro atoms. The first-order chi connectivity index (χ1) is 13.4. The van der Waals surface area contributed by atoms with E-state index in [9.17, 15) is 18.8 Å². The van der Waals surface area contributed by atoms with Crippen molar-refractivity contribution in [3.05, 3.63) is 65.0 Å². The van der Waals surface area contributed by atoms with Crippen LogP contribution in [0.5, 0.6) is 0 Å². The van der Waals surface area contributed by atoms with E-state index < -0.39 is 11.9 Å². The molecule has 2 amide bonds. The summed E-state index contributed by atoms with van der Waals surface area (Å²) in [7, 11) is 0. The van der Waals surface area contributed by atoms with E-state index in [4.69, 9.17) is 5.11 Å². The summed E-state index contributed by atoms with van der Waals surface area (Å²) in [6.07, 6.45) is 1.04. The van der Waals surface area contributed by atoms with Gasteiger partial charge < -0.3 is 14.9 Å². The molecule has 6 nitrogen and oxygen atoms in total. The number of amides is 2. The summed E-state index contributed by atoms with van der Waals surface area (Å²) in [5.41, 5.74) is 2.60. The lowest BCUT2D eigenvalue weighted by Crippen LogP contribution is -2.42. The minimum absolute atomic E-state index is 0.187. The molecule has 4 rings (SSSR count). The molecule has 1 fully saturated rings. The molecule has 1 atom stereocenters. The topological polar surface area (TPSA) is 77.9 Å². The highest BCUT2D eigenvalue weighted by molar-refractivity contribution is 6.09. The smallest absolute Gasteiger partial charge is 0.335 e. The second-order valence-corrected chi connectivity index (χ2v) is 7.11. The van der Waals surface area contributed by atoms with Crippen molar-refractivity contribution < 1.29 is 23.9 Å². The summed E-state index contributed by atoms with van der Waals surface area (Å²) in [6, 6.07) is 10.6. The van der Waals surface area contributed by atoms with Gasteiger partial charge in [0.05, 0.1) is 5.56 Å². The third kappa shape index (κ3) is 3.24. The molecule has 2 aliphatic heterocycles. The van der Waals surface area contributed by atoms with Gasteiger partial charge in [-0.15, -0.1) is 0 Å². The molecule has 0 radical (unpaired) electrons. The van der Waals surface area contributed by atoms with Crippen molar-refractivity contribution in [1.29, 1.82) is 0 Å². The van der Waals surface area contributed by atoms with Gasteiger partial charge in [-0.3, -0.25) is 9.59 Å². The quantitative estimate of drug-likeness (QED) is 0.828. The Hall–Kier alpha value is -3.22. The molecular weight excluding hydrogens is 363 g/mol. The summed E-state index contributed by atoms with van der Waals surface area (Å²) < 4.78 is 13.1. The minimum Gasteiger partial charge on any atom is -0.478 e. The predicted octanol–water partition coefficient (Wildman–Crippen LogP) is 2.46. The summed E-state index contributed by atoms with van der Waals surface area (Å²) in [5, 5.41) is 9.17. The van der Waals surface area contributed by atoms with Crippen LogP contribution in [0.4, 0.5) is 10.1 Å². The van der Waals surface area contributed by atoms with Crippen molar-refractivity contribution in [1.82, 2.24) is 4.90 Å². The molecule has 0 saturated carbocycles. The van der Waals surface area contributed by atoms with E-state index in [1.807, 2.05) is 0 Å². The Morgan fingerprint density at radius 1 is 1.04 bits per heavy atom. The number of nitrogens with zero attached hydrogens (tertiary/aromatic N) is 2. The molecule has 28 heavy (non-hydrogen) atoms. The van der Waals surface area contributed by atoms with Gasteiger partial charge in [-0.05, 0) is 60.4 Å². The maximum atomic E-state index is 13.1. The average Bonchev–Trinajstić information content (AvgIpc) is 3.08. The van der Waals surface area contributed by atoms with Crippen LogP contribution in [0, 0.1) is 11.7 Å². The third-order valence-corrected chi connectivity index (χ3v) is 5.42. The Labute approximate surface area is 161 Å². The van der Waals surface area contributed by atoms with Crippen LogP contribution in [0.25, 0.3) is 0 Å². The van der Waals surface area contributed by atoms with E-state index in [-0.39, 0.29) is 23.2 Å². The molecule has 0 bridgehead atoms. The largest absolute Gasteiger partial charge is 0.478 e. The van der Waals surface area contributed by atoms with E-state index in [0.717, 1.165) is 11.1 Å². The number of carboxylic acid groups (broad SMARTS) is 1. The summed E-state index contributed by atoms with van der Waals surface area (Å²) >= 11 is 0. The molecule has 2 heterocycles. The van der Waals surface area contributed by atoms with Crippen LogP contribution in [0.2, 0.25) is 0 Å². The highest BCUT2D eigenvalue weighted by Crippen LogP contribution is 2.29. The second-order valence-electron chi connectivity index (χ2n) is 7.11. The fraction of sp³-hybridized carbons (Fsp3) is 0.286. The highest BCUT2D eigenvalue weighted by Gasteiger charge is 2.40. The first kappa shape index (κ1) is 18.2. The molecule has 2 aromatic rings. The number of anilines is 1. The number of carbonyl (C=O) groups is 3. The van der Waals surface area contributed by atoms with Crippen molar-refractivity contribution in [3.63, 3.8) is 0 Å². The van der Waals surface area contributed by atoms with Crippen LogP contribution in [0.3, 0.4) is 0 Å². The van der Waals surface area contributed by atoms with Gasteiger partial charge in [0.2, 0.25) is 11.8 Å². The molecule has 144 valence electrons. The Balaban J connectivity index is 1.49. The van der Waals surface area contributed by atoms with Crippen molar-refractivity contribution in [3.8, 4) is 0 Å². The number of benzene rings is 2. The Morgan fingerprint density at radius 3 is 2.50 bits per heavy atom. The van der Waals surface area contributed by atoms with E-state index in [1.165, 1.54) is 29.2 Å². The monoisotopic (exact) mass is 382 g/mol. The van der Waals surface area contributed by atoms with Crippen LogP contribution in [-0.4, -0.2) is 40.9 Å². The van der Waals surface area contributed by atoms with E-state index >= 15 is 0 Å². The molecule has 0 aliphatic carbocycles. The molecule has 1 saturated heterocycles. The number of aromatic carboxylic acids is 1. The molecule has 1 unspecified atom stereocenters. The molecule has 2 aromatic carbocycles. The summed E-state index contributed by atoms with van der Waals surface area (Å²) in [6.45, 7) is 1.21. The third-order valence-electron chi connectivity index (χ3n) is 5.42. The number of carboxylic acids is 1. The van der Waals surface area contributed by atoms with E-state index in [0.29, 0.717) is 38.2 Å². The van der Waals surface area contributed by atoms with E-state index in [1.54, 1.807) is 23.1 Å². The number of halogens is 1. The van der Waals surface area contributed by atoms with Gasteiger partial charge in [-0.1, -0.05) is 6.07 Å². The Kier molecular flexibility index (Phi) is 4.58. The van der Waals surface area contributed by atoms with Crippen molar-refractivity contribution in [2.75, 3.05) is 18.0 Å². The van der Waals surface area contributed by atoms with Crippen LogP contribution in [0.1, 0.15) is 27.9 Å². The first-order valence-electron chi connectivity index (χ1n) is 9.15. The normalized spacial score (nSPS) is 18.9. The van der Waals surface area contributed by atoms with Gasteiger partial charge in [0.15, 0.2) is 0 Å². The summed E-state index contributed by atoms with van der Waals surface area (Å²) in [5.74, 6) is -2.65. The number of fused-ring (bicyclic) bond motifs is 1. The summed E-state index contributed by atoms with van der Waals surface area (Å²) in [4.78, 5) is 40.1. The molecular formula is C21H19FN2O4. The standard InChI is InChI=1S/C21H19FN2O4/c22-16-3-5-17(6-4-16)24-10-8-18(20(24)26)19(25)23-9-7-13-1-2-14(21(27)28)11-15(13)12-23/h1-6,11,18H,7-10,12H2,(H,27,28). The van der Waals surface area contributed by atoms with Gasteiger partial charge in [0, 0.05) is 25.3 Å². The van der Waals surface area contributed by atoms with E-state index in [2.05, 4.69) is 0 Å². The lowest BCUT2D eigenvalue weighted by atomic mass is 9.96. The van der Waals surface area contributed by atoms with Crippen LogP contribution in [-0.2, 0) is 22.6 Å². The maximum absolute atomic E-state index is 13.1. The van der Waals surface area contributed by atoms with Crippen molar-refractivity contribution in [2.45, 2.75) is 19.4 Å².